The summed E-state index contributed by atoms with van der Waals surface area (Å²) in [7, 11) is 0. The Bertz CT molecular complexity index is 863. The van der Waals surface area contributed by atoms with Crippen molar-refractivity contribution in [1.82, 2.24) is 15.0 Å². The van der Waals surface area contributed by atoms with Gasteiger partial charge in [-0.2, -0.15) is 20.1 Å². The SMILES string of the molecule is CCOc1cc(C=NNc2nc(N3CCOCC3)nc(N3CCOCC3)n2)ccc1O. The quantitative estimate of drug-likeness (QED) is 0.489. The predicted octanol–water partition coefficient (Wildman–Crippen LogP) is 1.10. The number of hydrogen-bond acceptors (Lipinski definition) is 11. The summed E-state index contributed by atoms with van der Waals surface area (Å²) in [5.74, 6) is 2.06. The van der Waals surface area contributed by atoms with Crippen LogP contribution in [-0.4, -0.2) is 85.5 Å². The van der Waals surface area contributed by atoms with Crippen molar-refractivity contribution in [2.24, 2.45) is 5.10 Å². The van der Waals surface area contributed by atoms with Gasteiger partial charge in [-0.05, 0) is 30.7 Å². The Balaban J connectivity index is 1.53. The maximum absolute atomic E-state index is 9.84. The zero-order valence-corrected chi connectivity index (χ0v) is 17.5. The fourth-order valence-electron chi connectivity index (χ4n) is 3.26. The maximum Gasteiger partial charge on any atom is 0.250 e. The second-order valence-electron chi connectivity index (χ2n) is 6.99. The molecule has 4 rings (SSSR count). The van der Waals surface area contributed by atoms with Crippen molar-refractivity contribution in [2.75, 3.05) is 74.4 Å². The number of benzene rings is 1. The van der Waals surface area contributed by atoms with Gasteiger partial charge in [0.05, 0.1) is 39.2 Å². The molecule has 0 unspecified atom stereocenters. The van der Waals surface area contributed by atoms with E-state index in [1.54, 1.807) is 24.4 Å². The lowest BCUT2D eigenvalue weighted by molar-refractivity contribution is 0.121. The van der Waals surface area contributed by atoms with E-state index in [9.17, 15) is 5.11 Å². The van der Waals surface area contributed by atoms with Crippen molar-refractivity contribution < 1.29 is 19.3 Å². The normalized spacial score (nSPS) is 17.2. The van der Waals surface area contributed by atoms with Crippen LogP contribution < -0.4 is 20.0 Å². The first-order chi connectivity index (χ1) is 15.2. The molecule has 11 heteroatoms. The zero-order chi connectivity index (χ0) is 21.5. The van der Waals surface area contributed by atoms with E-state index in [0.717, 1.165) is 31.7 Å². The molecule has 1 aromatic heterocycles. The predicted molar refractivity (Wildman–Crippen MR) is 116 cm³/mol. The molecule has 31 heavy (non-hydrogen) atoms. The molecule has 11 nitrogen and oxygen atoms in total. The third-order valence-corrected chi connectivity index (χ3v) is 4.86. The summed E-state index contributed by atoms with van der Waals surface area (Å²) in [5.41, 5.74) is 3.67. The third kappa shape index (κ3) is 5.50. The average Bonchev–Trinajstić information content (AvgIpc) is 2.82. The number of aromatic hydroxyl groups is 1. The first-order valence-electron chi connectivity index (χ1n) is 10.4. The molecule has 0 spiro atoms. The highest BCUT2D eigenvalue weighted by Gasteiger charge is 2.20. The summed E-state index contributed by atoms with van der Waals surface area (Å²) in [6.45, 7) is 7.79. The van der Waals surface area contributed by atoms with Crippen LogP contribution in [0.15, 0.2) is 23.3 Å². The summed E-state index contributed by atoms with van der Waals surface area (Å²) in [6.07, 6.45) is 1.62. The highest BCUT2D eigenvalue weighted by molar-refractivity contribution is 5.81. The number of phenolic OH excluding ortho intramolecular Hbond substituents is 1. The van der Waals surface area contributed by atoms with E-state index in [2.05, 4.69) is 35.3 Å². The minimum absolute atomic E-state index is 0.0923. The number of hydrazone groups is 1. The Morgan fingerprint density at radius 2 is 1.65 bits per heavy atom. The largest absolute Gasteiger partial charge is 0.504 e. The number of aromatic nitrogens is 3. The minimum Gasteiger partial charge on any atom is -0.504 e. The lowest BCUT2D eigenvalue weighted by Crippen LogP contribution is -2.40. The van der Waals surface area contributed by atoms with E-state index in [1.807, 2.05) is 6.92 Å². The summed E-state index contributed by atoms with van der Waals surface area (Å²) in [5, 5.41) is 14.1. The lowest BCUT2D eigenvalue weighted by Gasteiger charge is -2.30. The molecular formula is C20H27N7O4. The molecule has 0 aliphatic carbocycles. The number of anilines is 3. The van der Waals surface area contributed by atoms with Gasteiger partial charge in [0, 0.05) is 26.2 Å². The van der Waals surface area contributed by atoms with Crippen LogP contribution in [0.3, 0.4) is 0 Å². The van der Waals surface area contributed by atoms with Gasteiger partial charge in [-0.1, -0.05) is 0 Å². The topological polar surface area (TPSA) is 117 Å². The van der Waals surface area contributed by atoms with Gasteiger partial charge in [-0.3, -0.25) is 0 Å². The summed E-state index contributed by atoms with van der Waals surface area (Å²) in [4.78, 5) is 17.9. The molecule has 0 amide bonds. The monoisotopic (exact) mass is 429 g/mol. The molecular weight excluding hydrogens is 402 g/mol. The third-order valence-electron chi connectivity index (χ3n) is 4.86. The fraction of sp³-hybridized carbons (Fsp3) is 0.500. The molecule has 3 heterocycles. The van der Waals surface area contributed by atoms with Crippen molar-refractivity contribution in [2.45, 2.75) is 6.92 Å². The molecule has 2 saturated heterocycles. The van der Waals surface area contributed by atoms with Gasteiger partial charge in [0.25, 0.3) is 0 Å². The second kappa shape index (κ2) is 10.2. The van der Waals surface area contributed by atoms with Crippen LogP contribution in [0.1, 0.15) is 12.5 Å². The summed E-state index contributed by atoms with van der Waals surface area (Å²) >= 11 is 0. The molecule has 2 N–H and O–H groups in total. The molecule has 2 aromatic rings. The molecule has 0 radical (unpaired) electrons. The van der Waals surface area contributed by atoms with Crippen molar-refractivity contribution in [1.29, 1.82) is 0 Å². The summed E-state index contributed by atoms with van der Waals surface area (Å²) < 4.78 is 16.3. The molecule has 0 atom stereocenters. The molecule has 1 aromatic carbocycles. The number of nitrogens with one attached hydrogen (secondary N) is 1. The van der Waals surface area contributed by atoms with E-state index < -0.39 is 0 Å². The van der Waals surface area contributed by atoms with E-state index >= 15 is 0 Å². The zero-order valence-electron chi connectivity index (χ0n) is 17.5. The van der Waals surface area contributed by atoms with Gasteiger partial charge in [0.2, 0.25) is 17.8 Å². The second-order valence-corrected chi connectivity index (χ2v) is 6.99. The van der Waals surface area contributed by atoms with Crippen LogP contribution in [-0.2, 0) is 9.47 Å². The van der Waals surface area contributed by atoms with Gasteiger partial charge in [0.15, 0.2) is 11.5 Å². The minimum atomic E-state index is 0.0923. The molecule has 2 aliphatic rings. The number of phenols is 1. The van der Waals surface area contributed by atoms with Gasteiger partial charge >= 0.3 is 0 Å². The van der Waals surface area contributed by atoms with Gasteiger partial charge in [-0.15, -0.1) is 0 Å². The highest BCUT2D eigenvalue weighted by atomic mass is 16.5. The van der Waals surface area contributed by atoms with Crippen LogP contribution >= 0.6 is 0 Å². The van der Waals surface area contributed by atoms with E-state index in [-0.39, 0.29) is 5.75 Å². The van der Waals surface area contributed by atoms with Gasteiger partial charge < -0.3 is 29.1 Å². The number of nitrogens with zero attached hydrogens (tertiary/aromatic N) is 6. The first kappa shape index (κ1) is 21.1. The van der Waals surface area contributed by atoms with Gasteiger partial charge in [0.1, 0.15) is 0 Å². The van der Waals surface area contributed by atoms with E-state index in [4.69, 9.17) is 14.2 Å². The van der Waals surface area contributed by atoms with Crippen molar-refractivity contribution >= 4 is 24.1 Å². The van der Waals surface area contributed by atoms with Crippen molar-refractivity contribution in [3.05, 3.63) is 23.8 Å². The fourth-order valence-corrected chi connectivity index (χ4v) is 3.26. The molecule has 2 aliphatic heterocycles. The number of morpholine rings is 2. The number of rotatable bonds is 7. The van der Waals surface area contributed by atoms with Crippen LogP contribution in [0.25, 0.3) is 0 Å². The number of hydrogen-bond donors (Lipinski definition) is 2. The Morgan fingerprint density at radius 3 is 2.23 bits per heavy atom. The molecule has 0 saturated carbocycles. The molecule has 166 valence electrons. The van der Waals surface area contributed by atoms with E-state index in [1.165, 1.54) is 0 Å². The Kier molecular flexibility index (Phi) is 6.95. The first-order valence-corrected chi connectivity index (χ1v) is 10.4. The van der Waals surface area contributed by atoms with Crippen molar-refractivity contribution in [3.63, 3.8) is 0 Å². The number of ether oxygens (including phenoxy) is 3. The summed E-state index contributed by atoms with van der Waals surface area (Å²) in [6, 6.07) is 5.03. The van der Waals surface area contributed by atoms with Crippen LogP contribution in [0.5, 0.6) is 11.5 Å². The van der Waals surface area contributed by atoms with Gasteiger partial charge in [-0.25, -0.2) is 5.43 Å². The smallest absolute Gasteiger partial charge is 0.250 e. The standard InChI is InChI=1S/C20H27N7O4/c1-2-31-17-13-15(3-4-16(17)28)14-21-25-18-22-19(26-5-9-29-10-6-26)24-20(23-18)27-7-11-30-12-8-27/h3-4,13-14,28H,2,5-12H2,1H3,(H,22,23,24,25). The lowest BCUT2D eigenvalue weighted by atomic mass is 10.2. The maximum atomic E-state index is 9.84. The van der Waals surface area contributed by atoms with Crippen LogP contribution in [0, 0.1) is 0 Å². The Morgan fingerprint density at radius 1 is 1.03 bits per heavy atom. The molecule has 2 fully saturated rings. The highest BCUT2D eigenvalue weighted by Crippen LogP contribution is 2.26. The van der Waals surface area contributed by atoms with Crippen LogP contribution in [0.2, 0.25) is 0 Å². The molecule has 0 bridgehead atoms. The average molecular weight is 429 g/mol. The Labute approximate surface area is 180 Å². The van der Waals surface area contributed by atoms with Crippen LogP contribution in [0.4, 0.5) is 17.8 Å². The Hall–Kier alpha value is -3.18. The van der Waals surface area contributed by atoms with E-state index in [0.29, 0.717) is 56.6 Å². The van der Waals surface area contributed by atoms with Crippen molar-refractivity contribution in [3.8, 4) is 11.5 Å².